The fourth-order valence-electron chi connectivity index (χ4n) is 4.41. The number of aromatic amines is 2. The summed E-state index contributed by atoms with van der Waals surface area (Å²) in [4.78, 5) is 18.4. The van der Waals surface area contributed by atoms with Gasteiger partial charge in [-0.05, 0) is 46.8 Å². The molecule has 0 amide bonds. The highest BCUT2D eigenvalue weighted by atomic mass is 32.1. The Morgan fingerprint density at radius 2 is 1.78 bits per heavy atom. The van der Waals surface area contributed by atoms with Crippen molar-refractivity contribution in [2.75, 3.05) is 0 Å². The molecule has 5 heterocycles. The number of rotatable bonds is 6. The van der Waals surface area contributed by atoms with Gasteiger partial charge < -0.3 is 9.72 Å². The second kappa shape index (κ2) is 9.00. The number of pyridine rings is 2. The Bertz CT molecular complexity index is 1840. The van der Waals surface area contributed by atoms with Gasteiger partial charge in [-0.1, -0.05) is 42.5 Å². The molecule has 0 bridgehead atoms. The molecule has 7 nitrogen and oxygen atoms in total. The van der Waals surface area contributed by atoms with Gasteiger partial charge in [0, 0.05) is 23.3 Å². The monoisotopic (exact) mass is 500 g/mol. The molecule has 0 atom stereocenters. The van der Waals surface area contributed by atoms with E-state index in [0.717, 1.165) is 60.6 Å². The summed E-state index contributed by atoms with van der Waals surface area (Å²) in [5, 5.41) is 10.7. The first kappa shape index (κ1) is 21.5. The van der Waals surface area contributed by atoms with E-state index in [2.05, 4.69) is 43.3 Å². The van der Waals surface area contributed by atoms with Gasteiger partial charge in [-0.25, -0.2) is 4.98 Å². The maximum Gasteiger partial charge on any atom is 0.159 e. The molecule has 178 valence electrons. The fourth-order valence-corrected chi connectivity index (χ4v) is 5.13. The Labute approximate surface area is 215 Å². The fraction of sp³-hybridized carbons (Fsp3) is 0.0345. The lowest BCUT2D eigenvalue weighted by atomic mass is 10.0. The van der Waals surface area contributed by atoms with Crippen LogP contribution in [0, 0.1) is 0 Å². The summed E-state index contributed by atoms with van der Waals surface area (Å²) in [5.74, 6) is 1.42. The Morgan fingerprint density at radius 3 is 2.68 bits per heavy atom. The molecule has 0 aliphatic heterocycles. The molecule has 7 rings (SSSR count). The number of ether oxygens (including phenoxy) is 1. The molecular weight excluding hydrogens is 480 g/mol. The largest absolute Gasteiger partial charge is 0.487 e. The molecule has 8 heteroatoms. The summed E-state index contributed by atoms with van der Waals surface area (Å²) < 4.78 is 5.99. The maximum atomic E-state index is 5.99. The molecule has 37 heavy (non-hydrogen) atoms. The van der Waals surface area contributed by atoms with E-state index in [0.29, 0.717) is 12.4 Å². The Morgan fingerprint density at radius 1 is 0.838 bits per heavy atom. The summed E-state index contributed by atoms with van der Waals surface area (Å²) in [5.41, 5.74) is 7.41. The van der Waals surface area contributed by atoms with E-state index >= 15 is 0 Å². The maximum absolute atomic E-state index is 5.99. The van der Waals surface area contributed by atoms with Crippen molar-refractivity contribution in [1.29, 1.82) is 0 Å². The van der Waals surface area contributed by atoms with Crippen molar-refractivity contribution in [3.8, 4) is 39.0 Å². The van der Waals surface area contributed by atoms with Gasteiger partial charge in [-0.3, -0.25) is 15.1 Å². The van der Waals surface area contributed by atoms with Crippen molar-refractivity contribution in [2.24, 2.45) is 0 Å². The predicted molar refractivity (Wildman–Crippen MR) is 146 cm³/mol. The van der Waals surface area contributed by atoms with E-state index in [1.165, 1.54) is 0 Å². The highest BCUT2D eigenvalue weighted by Gasteiger charge is 2.17. The van der Waals surface area contributed by atoms with Crippen LogP contribution >= 0.6 is 11.3 Å². The number of nitrogens with one attached hydrogen (secondary N) is 2. The minimum Gasteiger partial charge on any atom is -0.487 e. The van der Waals surface area contributed by atoms with Gasteiger partial charge in [0.2, 0.25) is 0 Å². The van der Waals surface area contributed by atoms with Crippen molar-refractivity contribution in [3.05, 3.63) is 102 Å². The molecule has 0 fully saturated rings. The quantitative estimate of drug-likeness (QED) is 0.260. The van der Waals surface area contributed by atoms with Crippen molar-refractivity contribution in [2.45, 2.75) is 6.61 Å². The smallest absolute Gasteiger partial charge is 0.159 e. The molecule has 0 saturated carbocycles. The first-order valence-electron chi connectivity index (χ1n) is 11.8. The topological polar surface area (TPSA) is 92.4 Å². The number of fused-ring (bicyclic) bond motifs is 2. The minimum atomic E-state index is 0.491. The predicted octanol–water partition coefficient (Wildman–Crippen LogP) is 6.87. The standard InChI is InChI=1S/C29H20N6OS/c1-2-5-18(6-3-1)17-36-21-13-20(15-30-16-21)19-8-9-23-22(14-19)26(35-34-23)29-32-24-10-11-31-28(27(24)33-29)25-7-4-12-37-25/h1-16H,17H2,(H,32,33)(H,34,35). The van der Waals surface area contributed by atoms with Gasteiger partial charge in [0.1, 0.15) is 29.3 Å². The lowest BCUT2D eigenvalue weighted by Gasteiger charge is -2.08. The van der Waals surface area contributed by atoms with Crippen LogP contribution in [0.2, 0.25) is 0 Å². The molecule has 2 aromatic carbocycles. The lowest BCUT2D eigenvalue weighted by molar-refractivity contribution is 0.305. The molecule has 0 radical (unpaired) electrons. The number of thiophene rings is 1. The zero-order chi connectivity index (χ0) is 24.6. The summed E-state index contributed by atoms with van der Waals surface area (Å²) in [7, 11) is 0. The zero-order valence-corrected chi connectivity index (χ0v) is 20.4. The minimum absolute atomic E-state index is 0.491. The van der Waals surface area contributed by atoms with E-state index in [-0.39, 0.29) is 0 Å². The Hall–Kier alpha value is -4.82. The lowest BCUT2D eigenvalue weighted by Crippen LogP contribution is -1.95. The van der Waals surface area contributed by atoms with E-state index < -0.39 is 0 Å². The number of imidazole rings is 1. The normalized spacial score (nSPS) is 11.4. The van der Waals surface area contributed by atoms with Crippen molar-refractivity contribution < 1.29 is 4.74 Å². The molecule has 0 spiro atoms. The van der Waals surface area contributed by atoms with Gasteiger partial charge in [-0.15, -0.1) is 11.3 Å². The Balaban J connectivity index is 1.24. The van der Waals surface area contributed by atoms with Crippen LogP contribution in [0.15, 0.2) is 96.8 Å². The summed E-state index contributed by atoms with van der Waals surface area (Å²) in [6.45, 7) is 0.491. The van der Waals surface area contributed by atoms with Crippen LogP contribution < -0.4 is 4.74 Å². The average Bonchev–Trinajstić information content (AvgIpc) is 3.71. The molecule has 0 saturated heterocycles. The summed E-state index contributed by atoms with van der Waals surface area (Å²) in [6.07, 6.45) is 5.39. The van der Waals surface area contributed by atoms with E-state index in [9.17, 15) is 0 Å². The number of hydrogen-bond donors (Lipinski definition) is 2. The molecule has 0 aliphatic rings. The third-order valence-corrected chi connectivity index (χ3v) is 7.11. The summed E-state index contributed by atoms with van der Waals surface area (Å²) >= 11 is 1.65. The van der Waals surface area contributed by atoms with E-state index in [1.807, 2.05) is 66.2 Å². The van der Waals surface area contributed by atoms with Crippen LogP contribution in [0.4, 0.5) is 0 Å². The highest BCUT2D eigenvalue weighted by molar-refractivity contribution is 7.13. The van der Waals surface area contributed by atoms with Crippen molar-refractivity contribution >= 4 is 33.3 Å². The number of aromatic nitrogens is 6. The van der Waals surface area contributed by atoms with Gasteiger partial charge >= 0.3 is 0 Å². The highest BCUT2D eigenvalue weighted by Crippen LogP contribution is 2.33. The second-order valence-electron chi connectivity index (χ2n) is 8.63. The van der Waals surface area contributed by atoms with Crippen LogP contribution in [0.3, 0.4) is 0 Å². The number of nitrogens with zero attached hydrogens (tertiary/aromatic N) is 4. The van der Waals surface area contributed by atoms with Crippen LogP contribution in [-0.4, -0.2) is 30.1 Å². The van der Waals surface area contributed by atoms with Gasteiger partial charge in [0.15, 0.2) is 5.82 Å². The summed E-state index contributed by atoms with van der Waals surface area (Å²) in [6, 6.07) is 24.3. The zero-order valence-electron chi connectivity index (χ0n) is 19.6. The van der Waals surface area contributed by atoms with Crippen molar-refractivity contribution in [3.63, 3.8) is 0 Å². The molecule has 5 aromatic heterocycles. The van der Waals surface area contributed by atoms with Gasteiger partial charge in [-0.2, -0.15) is 5.10 Å². The first-order valence-corrected chi connectivity index (χ1v) is 12.7. The molecule has 0 aliphatic carbocycles. The van der Waals surface area contributed by atoms with Crippen molar-refractivity contribution in [1.82, 2.24) is 30.1 Å². The SMILES string of the molecule is c1ccc(COc2cncc(-c3ccc4[nH]nc(-c5nc6c(-c7cccs7)nccc6[nH]5)c4c3)c2)cc1. The van der Waals surface area contributed by atoms with Gasteiger partial charge in [0.25, 0.3) is 0 Å². The third-order valence-electron chi connectivity index (χ3n) is 6.24. The van der Waals surface area contributed by atoms with Crippen LogP contribution in [0.25, 0.3) is 55.2 Å². The Kier molecular flexibility index (Phi) is 5.22. The second-order valence-corrected chi connectivity index (χ2v) is 9.58. The average molecular weight is 501 g/mol. The van der Waals surface area contributed by atoms with E-state index in [4.69, 9.17) is 9.72 Å². The van der Waals surface area contributed by atoms with Gasteiger partial charge in [0.05, 0.1) is 22.1 Å². The molecule has 0 unspecified atom stereocenters. The first-order chi connectivity index (χ1) is 18.3. The molecular formula is C29H20N6OS. The third kappa shape index (κ3) is 4.03. The molecule has 2 N–H and O–H groups in total. The van der Waals surface area contributed by atoms with Crippen LogP contribution in [0.5, 0.6) is 5.75 Å². The number of hydrogen-bond acceptors (Lipinski definition) is 6. The van der Waals surface area contributed by atoms with Crippen LogP contribution in [0.1, 0.15) is 5.56 Å². The molecule has 7 aromatic rings. The van der Waals surface area contributed by atoms with Crippen LogP contribution in [-0.2, 0) is 6.61 Å². The number of H-pyrrole nitrogens is 2. The van der Waals surface area contributed by atoms with E-state index in [1.54, 1.807) is 23.7 Å². The number of benzene rings is 2.